The van der Waals surface area contributed by atoms with E-state index in [1.54, 1.807) is 12.1 Å². The number of para-hydroxylation sites is 1. The summed E-state index contributed by atoms with van der Waals surface area (Å²) in [6.07, 6.45) is -0.165. The lowest BCUT2D eigenvalue weighted by molar-refractivity contribution is 0.0335. The lowest BCUT2D eigenvalue weighted by Crippen LogP contribution is -2.44. The number of hydrogen-bond donors (Lipinski definition) is 2. The van der Waals surface area contributed by atoms with Gasteiger partial charge in [0.05, 0.1) is 19.3 Å². The summed E-state index contributed by atoms with van der Waals surface area (Å²) in [5, 5.41) is 20.9. The van der Waals surface area contributed by atoms with Crippen molar-refractivity contribution in [1.82, 2.24) is 4.90 Å². The molecule has 0 spiro atoms. The van der Waals surface area contributed by atoms with E-state index >= 15 is 0 Å². The van der Waals surface area contributed by atoms with Gasteiger partial charge in [0.25, 0.3) is 0 Å². The molecule has 3 aromatic carbocycles. The zero-order valence-electron chi connectivity index (χ0n) is 18.8. The van der Waals surface area contributed by atoms with Crippen molar-refractivity contribution in [2.75, 3.05) is 26.9 Å². The van der Waals surface area contributed by atoms with Gasteiger partial charge in [0, 0.05) is 19.1 Å². The Morgan fingerprint density at radius 3 is 2.15 bits per heavy atom. The molecule has 0 fully saturated rings. The lowest BCUT2D eigenvalue weighted by atomic mass is 10.0. The number of carbonyl (C=O) groups excluding carboxylic acids is 1. The molecule has 0 heterocycles. The molecule has 0 amide bonds. The van der Waals surface area contributed by atoms with Crippen molar-refractivity contribution in [3.05, 3.63) is 102 Å². The Labute approximate surface area is 195 Å². The number of benzene rings is 3. The maximum Gasteiger partial charge on any atom is 0.337 e. The van der Waals surface area contributed by atoms with Crippen molar-refractivity contribution in [3.8, 4) is 5.75 Å². The molecular formula is C27H31NO5. The van der Waals surface area contributed by atoms with Gasteiger partial charge in [-0.1, -0.05) is 60.7 Å². The Bertz CT molecular complexity index is 963. The first-order valence-corrected chi connectivity index (χ1v) is 11.0. The summed E-state index contributed by atoms with van der Waals surface area (Å²) >= 11 is 0. The van der Waals surface area contributed by atoms with Crippen molar-refractivity contribution in [2.24, 2.45) is 0 Å². The zero-order chi connectivity index (χ0) is 23.5. The molecule has 0 saturated carbocycles. The third kappa shape index (κ3) is 7.71. The molecule has 3 aromatic rings. The van der Waals surface area contributed by atoms with E-state index < -0.39 is 6.10 Å². The van der Waals surface area contributed by atoms with Gasteiger partial charge in [0.1, 0.15) is 18.5 Å². The topological polar surface area (TPSA) is 79.2 Å². The van der Waals surface area contributed by atoms with Crippen LogP contribution < -0.4 is 4.74 Å². The highest BCUT2D eigenvalue weighted by atomic mass is 16.5. The monoisotopic (exact) mass is 449 g/mol. The summed E-state index contributed by atoms with van der Waals surface area (Å²) in [5.41, 5.74) is 2.55. The lowest BCUT2D eigenvalue weighted by Gasteiger charge is -2.32. The minimum absolute atomic E-state index is 0.0716. The third-order valence-electron chi connectivity index (χ3n) is 5.43. The van der Waals surface area contributed by atoms with Gasteiger partial charge < -0.3 is 19.7 Å². The molecule has 33 heavy (non-hydrogen) atoms. The average molecular weight is 450 g/mol. The second-order valence-corrected chi connectivity index (χ2v) is 7.92. The predicted octanol–water partition coefficient (Wildman–Crippen LogP) is 3.32. The number of carbonyl (C=O) groups is 1. The van der Waals surface area contributed by atoms with Crippen LogP contribution in [0.3, 0.4) is 0 Å². The van der Waals surface area contributed by atoms with Crippen molar-refractivity contribution < 1.29 is 24.5 Å². The van der Waals surface area contributed by atoms with Gasteiger partial charge in [-0.05, 0) is 41.8 Å². The summed E-state index contributed by atoms with van der Waals surface area (Å²) in [6, 6.07) is 26.3. The Morgan fingerprint density at radius 1 is 0.909 bits per heavy atom. The molecular weight excluding hydrogens is 418 g/mol. The van der Waals surface area contributed by atoms with E-state index in [1.165, 1.54) is 7.11 Å². The molecule has 3 rings (SSSR count). The second-order valence-electron chi connectivity index (χ2n) is 7.92. The quantitative estimate of drug-likeness (QED) is 0.413. The van der Waals surface area contributed by atoms with E-state index in [1.807, 2.05) is 72.8 Å². The van der Waals surface area contributed by atoms with Crippen molar-refractivity contribution in [3.63, 3.8) is 0 Å². The van der Waals surface area contributed by atoms with E-state index in [-0.39, 0.29) is 25.2 Å². The van der Waals surface area contributed by atoms with Crippen LogP contribution in [0.15, 0.2) is 84.9 Å². The minimum atomic E-state index is -0.732. The van der Waals surface area contributed by atoms with Gasteiger partial charge in [-0.3, -0.25) is 4.90 Å². The molecule has 2 atom stereocenters. The molecule has 2 N–H and O–H groups in total. The Hall–Kier alpha value is -3.19. The molecule has 0 saturated heterocycles. The highest BCUT2D eigenvalue weighted by Crippen LogP contribution is 2.16. The van der Waals surface area contributed by atoms with E-state index in [4.69, 9.17) is 9.47 Å². The SMILES string of the molecule is COC(=O)c1ccc(C[C@@H](CO)N(Cc2ccccc2)C[C@H](O)COc2ccccc2)cc1. The van der Waals surface area contributed by atoms with Gasteiger partial charge in [-0.25, -0.2) is 4.79 Å². The molecule has 6 heteroatoms. The second kappa shape index (κ2) is 12.7. The number of hydrogen-bond acceptors (Lipinski definition) is 6. The number of rotatable bonds is 12. The van der Waals surface area contributed by atoms with Gasteiger partial charge in [-0.15, -0.1) is 0 Å². The first kappa shape index (κ1) is 24.5. The van der Waals surface area contributed by atoms with Crippen LogP contribution >= 0.6 is 0 Å². The van der Waals surface area contributed by atoms with Crippen molar-refractivity contribution in [1.29, 1.82) is 0 Å². The molecule has 0 aliphatic rings. The number of aliphatic hydroxyl groups excluding tert-OH is 2. The van der Waals surface area contributed by atoms with Gasteiger partial charge in [-0.2, -0.15) is 0 Å². The fourth-order valence-corrected chi connectivity index (χ4v) is 3.67. The number of ether oxygens (including phenoxy) is 2. The molecule has 0 aliphatic carbocycles. The van der Waals surface area contributed by atoms with Crippen LogP contribution in [0.2, 0.25) is 0 Å². The number of esters is 1. The van der Waals surface area contributed by atoms with Crippen LogP contribution in [0.25, 0.3) is 0 Å². The van der Waals surface area contributed by atoms with Crippen LogP contribution in [-0.2, 0) is 17.7 Å². The smallest absolute Gasteiger partial charge is 0.337 e. The van der Waals surface area contributed by atoms with Gasteiger partial charge in [0.15, 0.2) is 0 Å². The van der Waals surface area contributed by atoms with Crippen LogP contribution in [0.4, 0.5) is 0 Å². The summed E-state index contributed by atoms with van der Waals surface area (Å²) in [6.45, 7) is 1.00. The van der Waals surface area contributed by atoms with E-state index in [0.29, 0.717) is 30.8 Å². The number of nitrogens with zero attached hydrogens (tertiary/aromatic N) is 1. The maximum atomic E-state index is 11.7. The Balaban J connectivity index is 1.69. The molecule has 0 aromatic heterocycles. The van der Waals surface area contributed by atoms with Crippen molar-refractivity contribution >= 4 is 5.97 Å². The largest absolute Gasteiger partial charge is 0.491 e. The van der Waals surface area contributed by atoms with Gasteiger partial charge in [0.2, 0.25) is 0 Å². The summed E-state index contributed by atoms with van der Waals surface area (Å²) in [4.78, 5) is 13.8. The molecule has 174 valence electrons. The fraction of sp³-hybridized carbons (Fsp3) is 0.296. The molecule has 0 unspecified atom stereocenters. The van der Waals surface area contributed by atoms with Crippen molar-refractivity contribution in [2.45, 2.75) is 25.1 Å². The summed E-state index contributed by atoms with van der Waals surface area (Å²) in [5.74, 6) is 0.322. The first-order valence-electron chi connectivity index (χ1n) is 11.0. The fourth-order valence-electron chi connectivity index (χ4n) is 3.67. The molecule has 0 bridgehead atoms. The molecule has 6 nitrogen and oxygen atoms in total. The average Bonchev–Trinajstić information content (AvgIpc) is 2.87. The van der Waals surface area contributed by atoms with Crippen LogP contribution in [0.1, 0.15) is 21.5 Å². The number of aliphatic hydroxyl groups is 2. The third-order valence-corrected chi connectivity index (χ3v) is 5.43. The van der Waals surface area contributed by atoms with Crippen LogP contribution in [0, 0.1) is 0 Å². The van der Waals surface area contributed by atoms with Gasteiger partial charge >= 0.3 is 5.97 Å². The summed E-state index contributed by atoms with van der Waals surface area (Å²) in [7, 11) is 1.35. The van der Waals surface area contributed by atoms with E-state index in [9.17, 15) is 15.0 Å². The normalized spacial score (nSPS) is 12.8. The molecule has 0 aliphatic heterocycles. The minimum Gasteiger partial charge on any atom is -0.491 e. The highest BCUT2D eigenvalue weighted by molar-refractivity contribution is 5.89. The van der Waals surface area contributed by atoms with E-state index in [0.717, 1.165) is 11.1 Å². The predicted molar refractivity (Wildman–Crippen MR) is 127 cm³/mol. The first-order chi connectivity index (χ1) is 16.1. The highest BCUT2D eigenvalue weighted by Gasteiger charge is 2.22. The number of methoxy groups -OCH3 is 1. The maximum absolute atomic E-state index is 11.7. The standard InChI is InChI=1S/C27H31NO5/c1-32-27(31)23-14-12-21(13-15-23)16-24(19-29)28(17-22-8-4-2-5-9-22)18-25(30)20-33-26-10-6-3-7-11-26/h2-15,24-25,29-30H,16-20H2,1H3/t24-,25-/m0/s1. The zero-order valence-corrected chi connectivity index (χ0v) is 18.8. The Morgan fingerprint density at radius 2 is 1.55 bits per heavy atom. The van der Waals surface area contributed by atoms with Crippen LogP contribution in [-0.4, -0.2) is 60.1 Å². The molecule has 0 radical (unpaired) electrons. The van der Waals surface area contributed by atoms with E-state index in [2.05, 4.69) is 4.90 Å². The Kier molecular flexibility index (Phi) is 9.44. The summed E-state index contributed by atoms with van der Waals surface area (Å²) < 4.78 is 10.5. The van der Waals surface area contributed by atoms with Crippen LogP contribution in [0.5, 0.6) is 5.75 Å².